The van der Waals surface area contributed by atoms with Crippen LogP contribution in [0, 0.1) is 5.92 Å². The summed E-state index contributed by atoms with van der Waals surface area (Å²) in [6.45, 7) is 4.17. The van der Waals surface area contributed by atoms with Crippen LogP contribution in [0.2, 0.25) is 0 Å². The summed E-state index contributed by atoms with van der Waals surface area (Å²) in [7, 11) is 0. The highest BCUT2D eigenvalue weighted by molar-refractivity contribution is 5.97. The van der Waals surface area contributed by atoms with Crippen molar-refractivity contribution in [1.82, 2.24) is 5.32 Å². The van der Waals surface area contributed by atoms with E-state index in [1.54, 1.807) is 0 Å². The highest BCUT2D eigenvalue weighted by Gasteiger charge is 2.31. The van der Waals surface area contributed by atoms with Crippen LogP contribution in [-0.2, 0) is 15.7 Å². The number of ketones is 1. The molecular formula is C30H33F3N2O3. The molecule has 0 aliphatic carbocycles. The molecule has 0 fully saturated rings. The van der Waals surface area contributed by atoms with Gasteiger partial charge in [0.15, 0.2) is 11.8 Å². The van der Waals surface area contributed by atoms with Gasteiger partial charge in [0.25, 0.3) is 0 Å². The van der Waals surface area contributed by atoms with Crippen LogP contribution < -0.4 is 10.6 Å². The molecule has 0 spiro atoms. The van der Waals surface area contributed by atoms with E-state index in [9.17, 15) is 22.8 Å². The number of nitrogens with one attached hydrogen (secondary N) is 2. The number of para-hydroxylation sites is 1. The van der Waals surface area contributed by atoms with E-state index in [0.29, 0.717) is 0 Å². The van der Waals surface area contributed by atoms with Crippen LogP contribution >= 0.6 is 0 Å². The van der Waals surface area contributed by atoms with Gasteiger partial charge in [0.1, 0.15) is 6.10 Å². The van der Waals surface area contributed by atoms with Crippen LogP contribution in [0.25, 0.3) is 0 Å². The van der Waals surface area contributed by atoms with Gasteiger partial charge >= 0.3 is 12.1 Å². The Kier molecular flexibility index (Phi) is 10.5. The maximum atomic E-state index is 13.5. The first kappa shape index (κ1) is 28.9. The van der Waals surface area contributed by atoms with Crippen molar-refractivity contribution in [3.8, 4) is 0 Å². The molecule has 0 unspecified atom stereocenters. The molecule has 0 aliphatic rings. The van der Waals surface area contributed by atoms with Crippen molar-refractivity contribution < 1.29 is 27.5 Å². The standard InChI is InChI=1S/C30H33F3N2O3/c1-3-21(4-2)27(20-34-19-26(36)22-15-17-24(18-16-22)30(31,32)33)38-29(37)28(23-11-7-5-8-12-23)35-25-13-9-6-10-14-25/h5-18,21,27-28,34-35H,3-4,19-20H2,1-2H3/t27-,28+/m0/s1. The lowest BCUT2D eigenvalue weighted by molar-refractivity contribution is -0.153. The Labute approximate surface area is 221 Å². The average molecular weight is 527 g/mol. The molecule has 0 radical (unpaired) electrons. The smallest absolute Gasteiger partial charge is 0.416 e. The number of hydrogen-bond donors (Lipinski definition) is 2. The number of anilines is 1. The van der Waals surface area contributed by atoms with Gasteiger partial charge < -0.3 is 15.4 Å². The van der Waals surface area contributed by atoms with E-state index in [1.807, 2.05) is 74.5 Å². The fraction of sp³-hybridized carbons (Fsp3) is 0.333. The predicted molar refractivity (Wildman–Crippen MR) is 142 cm³/mol. The van der Waals surface area contributed by atoms with Crippen LogP contribution in [0.4, 0.5) is 18.9 Å². The number of Topliss-reactive ketones (excluding diaryl/α,β-unsaturated/α-hetero) is 1. The molecule has 5 nitrogen and oxygen atoms in total. The molecule has 0 aromatic heterocycles. The van der Waals surface area contributed by atoms with Gasteiger partial charge in [-0.2, -0.15) is 13.2 Å². The highest BCUT2D eigenvalue weighted by Crippen LogP contribution is 2.29. The summed E-state index contributed by atoms with van der Waals surface area (Å²) in [6.07, 6.45) is -3.42. The number of rotatable bonds is 13. The molecule has 3 aromatic carbocycles. The van der Waals surface area contributed by atoms with Gasteiger partial charge in [-0.15, -0.1) is 0 Å². The number of esters is 1. The number of hydrogen-bond acceptors (Lipinski definition) is 5. The summed E-state index contributed by atoms with van der Waals surface area (Å²) >= 11 is 0. The maximum Gasteiger partial charge on any atom is 0.416 e. The van der Waals surface area contributed by atoms with Crippen molar-refractivity contribution in [3.05, 3.63) is 102 Å². The molecule has 0 bridgehead atoms. The van der Waals surface area contributed by atoms with Crippen molar-refractivity contribution in [1.29, 1.82) is 0 Å². The van der Waals surface area contributed by atoms with Crippen molar-refractivity contribution >= 4 is 17.4 Å². The molecule has 0 amide bonds. The zero-order valence-corrected chi connectivity index (χ0v) is 21.5. The lowest BCUT2D eigenvalue weighted by Crippen LogP contribution is -2.40. The Morgan fingerprint density at radius 2 is 1.42 bits per heavy atom. The first-order chi connectivity index (χ1) is 18.2. The summed E-state index contributed by atoms with van der Waals surface area (Å²) in [6, 6.07) is 22.1. The van der Waals surface area contributed by atoms with Gasteiger partial charge in [-0.05, 0) is 48.6 Å². The summed E-state index contributed by atoms with van der Waals surface area (Å²) in [5.74, 6) is -0.727. The van der Waals surface area contributed by atoms with Crippen LogP contribution in [0.15, 0.2) is 84.9 Å². The van der Waals surface area contributed by atoms with Crippen LogP contribution in [0.5, 0.6) is 0 Å². The predicted octanol–water partition coefficient (Wildman–Crippen LogP) is 6.68. The number of carbonyl (C=O) groups excluding carboxylic acids is 2. The van der Waals surface area contributed by atoms with E-state index in [1.165, 1.54) is 12.1 Å². The minimum Gasteiger partial charge on any atom is -0.459 e. The molecule has 2 atom stereocenters. The summed E-state index contributed by atoms with van der Waals surface area (Å²) in [5, 5.41) is 6.30. The molecule has 2 N–H and O–H groups in total. The quantitative estimate of drug-likeness (QED) is 0.192. The van der Waals surface area contributed by atoms with Gasteiger partial charge in [0, 0.05) is 17.8 Å². The zero-order chi connectivity index (χ0) is 27.5. The summed E-state index contributed by atoms with van der Waals surface area (Å²) in [4.78, 5) is 26.0. The highest BCUT2D eigenvalue weighted by atomic mass is 19.4. The van der Waals surface area contributed by atoms with E-state index in [4.69, 9.17) is 4.74 Å². The van der Waals surface area contributed by atoms with Gasteiger partial charge in [0.2, 0.25) is 0 Å². The third-order valence-electron chi connectivity index (χ3n) is 6.46. The third kappa shape index (κ3) is 8.18. The first-order valence-corrected chi connectivity index (χ1v) is 12.7. The molecule has 8 heteroatoms. The average Bonchev–Trinajstić information content (AvgIpc) is 2.92. The molecule has 0 saturated carbocycles. The number of alkyl halides is 3. The Bertz CT molecular complexity index is 1150. The molecule has 202 valence electrons. The van der Waals surface area contributed by atoms with Crippen LogP contribution in [0.1, 0.15) is 54.2 Å². The lowest BCUT2D eigenvalue weighted by Gasteiger charge is -2.28. The molecule has 0 saturated heterocycles. The van der Waals surface area contributed by atoms with E-state index in [2.05, 4.69) is 10.6 Å². The first-order valence-electron chi connectivity index (χ1n) is 12.7. The maximum absolute atomic E-state index is 13.5. The SMILES string of the molecule is CCC(CC)[C@H](CNCC(=O)c1ccc(C(F)(F)F)cc1)OC(=O)[C@H](Nc1ccccc1)c1ccccc1. The monoisotopic (exact) mass is 526 g/mol. The summed E-state index contributed by atoms with van der Waals surface area (Å²) < 4.78 is 44.4. The molecule has 3 rings (SSSR count). The molecule has 38 heavy (non-hydrogen) atoms. The van der Waals surface area contributed by atoms with Gasteiger partial charge in [-0.1, -0.05) is 74.5 Å². The van der Waals surface area contributed by atoms with Crippen molar-refractivity contribution in [2.45, 2.75) is 45.0 Å². The van der Waals surface area contributed by atoms with E-state index >= 15 is 0 Å². The Hall–Kier alpha value is -3.65. The Morgan fingerprint density at radius 3 is 1.97 bits per heavy atom. The molecule has 0 heterocycles. The number of carbonyl (C=O) groups is 2. The van der Waals surface area contributed by atoms with E-state index in [0.717, 1.165) is 36.2 Å². The molecule has 3 aromatic rings. The van der Waals surface area contributed by atoms with Gasteiger partial charge in [0.05, 0.1) is 12.1 Å². The summed E-state index contributed by atoms with van der Waals surface area (Å²) in [5.41, 5.74) is 0.908. The fourth-order valence-corrected chi connectivity index (χ4v) is 4.24. The van der Waals surface area contributed by atoms with Crippen LogP contribution in [0.3, 0.4) is 0 Å². The largest absolute Gasteiger partial charge is 0.459 e. The van der Waals surface area contributed by atoms with Gasteiger partial charge in [-0.3, -0.25) is 4.79 Å². The van der Waals surface area contributed by atoms with E-state index < -0.39 is 29.9 Å². The number of benzene rings is 3. The van der Waals surface area contributed by atoms with Crippen molar-refractivity contribution in [2.24, 2.45) is 5.92 Å². The number of halogens is 3. The van der Waals surface area contributed by atoms with Crippen LogP contribution in [-0.4, -0.2) is 30.9 Å². The van der Waals surface area contributed by atoms with E-state index in [-0.39, 0.29) is 30.4 Å². The second-order valence-corrected chi connectivity index (χ2v) is 9.04. The topological polar surface area (TPSA) is 67.4 Å². The Morgan fingerprint density at radius 1 is 0.842 bits per heavy atom. The molecular weight excluding hydrogens is 493 g/mol. The van der Waals surface area contributed by atoms with Crippen molar-refractivity contribution in [3.63, 3.8) is 0 Å². The third-order valence-corrected chi connectivity index (χ3v) is 6.46. The minimum atomic E-state index is -4.46. The second kappa shape index (κ2) is 13.8. The number of ether oxygens (including phenoxy) is 1. The van der Waals surface area contributed by atoms with Crippen molar-refractivity contribution in [2.75, 3.05) is 18.4 Å². The molecule has 0 aliphatic heterocycles. The second-order valence-electron chi connectivity index (χ2n) is 9.04. The normalized spacial score (nSPS) is 13.1. The lowest BCUT2D eigenvalue weighted by atomic mass is 9.96. The zero-order valence-electron chi connectivity index (χ0n) is 21.5. The Balaban J connectivity index is 1.68. The minimum absolute atomic E-state index is 0.0563. The fourth-order valence-electron chi connectivity index (χ4n) is 4.24. The van der Waals surface area contributed by atoms with Gasteiger partial charge in [-0.25, -0.2) is 4.79 Å².